The fourth-order valence-corrected chi connectivity index (χ4v) is 2.71. The fourth-order valence-electron chi connectivity index (χ4n) is 1.46. The number of hydrogen-bond donors (Lipinski definition) is 0. The zero-order valence-corrected chi connectivity index (χ0v) is 10.9. The molecule has 1 heterocycles. The number of nitrogens with zero attached hydrogens (tertiary/aromatic N) is 1. The highest BCUT2D eigenvalue weighted by molar-refractivity contribution is 7.83. The normalized spacial score (nSPS) is 12.6. The molecule has 0 N–H and O–H groups in total. The molecule has 5 heteroatoms. The molecule has 0 bridgehead atoms. The van der Waals surface area contributed by atoms with E-state index in [2.05, 4.69) is 5.16 Å². The van der Waals surface area contributed by atoms with Crippen LogP contribution in [0, 0.1) is 6.92 Å². The molecular weight excluding hydrogens is 258 g/mol. The maximum atomic E-state index is 11.9. The van der Waals surface area contributed by atoms with Gasteiger partial charge in [-0.05, 0) is 24.6 Å². The molecule has 0 saturated carbocycles. The minimum atomic E-state index is -0.992. The first-order valence-corrected chi connectivity index (χ1v) is 7.02. The van der Waals surface area contributed by atoms with Gasteiger partial charge >= 0.3 is 0 Å². The summed E-state index contributed by atoms with van der Waals surface area (Å²) in [4.78, 5) is 0. The van der Waals surface area contributed by atoms with Crippen molar-refractivity contribution in [2.24, 2.45) is 0 Å². The third-order valence-corrected chi connectivity index (χ3v) is 3.73. The molecule has 0 saturated heterocycles. The molecule has 0 radical (unpaired) electrons. The highest BCUT2D eigenvalue weighted by atomic mass is 35.5. The molecule has 1 atom stereocenters. The minimum absolute atomic E-state index is 0.392. The van der Waals surface area contributed by atoms with Crippen molar-refractivity contribution >= 4 is 22.4 Å². The van der Waals surface area contributed by atoms with Crippen LogP contribution in [-0.2, 0) is 22.3 Å². The Morgan fingerprint density at radius 3 is 2.59 bits per heavy atom. The van der Waals surface area contributed by atoms with E-state index in [1.165, 1.54) is 0 Å². The molecular formula is C12H12ClNO2S. The first kappa shape index (κ1) is 12.3. The third kappa shape index (κ3) is 3.68. The molecule has 0 unspecified atom stereocenters. The number of halogens is 1. The van der Waals surface area contributed by atoms with Gasteiger partial charge in [0, 0.05) is 27.6 Å². The van der Waals surface area contributed by atoms with Crippen molar-refractivity contribution in [2.45, 2.75) is 18.4 Å². The maximum absolute atomic E-state index is 11.9. The van der Waals surface area contributed by atoms with E-state index in [9.17, 15) is 4.21 Å². The van der Waals surface area contributed by atoms with Gasteiger partial charge < -0.3 is 4.52 Å². The van der Waals surface area contributed by atoms with E-state index >= 15 is 0 Å². The first-order chi connectivity index (χ1) is 8.13. The van der Waals surface area contributed by atoms with Crippen LogP contribution in [0.4, 0.5) is 0 Å². The number of benzene rings is 1. The van der Waals surface area contributed by atoms with Crippen molar-refractivity contribution in [1.29, 1.82) is 0 Å². The lowest BCUT2D eigenvalue weighted by atomic mass is 10.2. The molecule has 0 amide bonds. The van der Waals surface area contributed by atoms with Crippen molar-refractivity contribution in [1.82, 2.24) is 5.16 Å². The van der Waals surface area contributed by atoms with Gasteiger partial charge in [-0.2, -0.15) is 0 Å². The molecule has 1 aromatic carbocycles. The van der Waals surface area contributed by atoms with Gasteiger partial charge in [0.1, 0.15) is 5.76 Å². The van der Waals surface area contributed by atoms with Crippen LogP contribution >= 0.6 is 11.6 Å². The Kier molecular flexibility index (Phi) is 3.97. The number of aromatic nitrogens is 1. The largest absolute Gasteiger partial charge is 0.360 e. The summed E-state index contributed by atoms with van der Waals surface area (Å²) in [6.45, 7) is 1.84. The van der Waals surface area contributed by atoms with Crippen LogP contribution in [0.25, 0.3) is 0 Å². The molecule has 0 aliphatic rings. The smallest absolute Gasteiger partial charge is 0.149 e. The second-order valence-corrected chi connectivity index (χ2v) is 5.68. The Morgan fingerprint density at radius 1 is 1.29 bits per heavy atom. The maximum Gasteiger partial charge on any atom is 0.149 e. The number of rotatable bonds is 4. The van der Waals surface area contributed by atoms with E-state index in [4.69, 9.17) is 16.1 Å². The summed E-state index contributed by atoms with van der Waals surface area (Å²) >= 11 is 5.78. The monoisotopic (exact) mass is 269 g/mol. The summed E-state index contributed by atoms with van der Waals surface area (Å²) in [5, 5.41) is 4.45. The van der Waals surface area contributed by atoms with Gasteiger partial charge in [-0.1, -0.05) is 28.9 Å². The van der Waals surface area contributed by atoms with Gasteiger partial charge in [0.2, 0.25) is 0 Å². The summed E-state index contributed by atoms with van der Waals surface area (Å²) in [5.41, 5.74) is 1.81. The van der Waals surface area contributed by atoms with Gasteiger partial charge in [-0.15, -0.1) is 0 Å². The lowest BCUT2D eigenvalue weighted by molar-refractivity contribution is 0.390. The van der Waals surface area contributed by atoms with Crippen LogP contribution in [0.3, 0.4) is 0 Å². The van der Waals surface area contributed by atoms with Crippen LogP contribution in [0.2, 0.25) is 5.02 Å². The van der Waals surface area contributed by atoms with Gasteiger partial charge in [0.25, 0.3) is 0 Å². The highest BCUT2D eigenvalue weighted by Gasteiger charge is 2.07. The van der Waals surface area contributed by atoms with Gasteiger partial charge in [-0.25, -0.2) is 0 Å². The van der Waals surface area contributed by atoms with Crippen molar-refractivity contribution in [3.63, 3.8) is 0 Å². The van der Waals surface area contributed by atoms with E-state index in [0.717, 1.165) is 11.3 Å². The quantitative estimate of drug-likeness (QED) is 0.857. The first-order valence-electron chi connectivity index (χ1n) is 5.15. The molecule has 0 spiro atoms. The second-order valence-electron chi connectivity index (χ2n) is 3.79. The Bertz CT molecular complexity index is 522. The topological polar surface area (TPSA) is 43.1 Å². The predicted molar refractivity (Wildman–Crippen MR) is 68.2 cm³/mol. The molecule has 1 aromatic heterocycles. The number of hydrogen-bond acceptors (Lipinski definition) is 3. The fraction of sp³-hybridized carbons (Fsp3) is 0.250. The summed E-state index contributed by atoms with van der Waals surface area (Å²) < 4.78 is 16.9. The summed E-state index contributed by atoms with van der Waals surface area (Å²) in [6, 6.07) is 9.16. The molecule has 0 aliphatic carbocycles. The molecule has 17 heavy (non-hydrogen) atoms. The Morgan fingerprint density at radius 2 is 2.00 bits per heavy atom. The standard InChI is InChI=1S/C12H12ClNO2S/c1-9-6-12(16-14-9)8-17(15)7-10-2-4-11(13)5-3-10/h2-6H,7-8H2,1H3/t17-/m1/s1. The van der Waals surface area contributed by atoms with Crippen LogP contribution in [0.5, 0.6) is 0 Å². The average Bonchev–Trinajstić information content (AvgIpc) is 2.67. The average molecular weight is 270 g/mol. The SMILES string of the molecule is Cc1cc(C[S@](=O)Cc2ccc(Cl)cc2)on1. The zero-order chi connectivity index (χ0) is 12.3. The second kappa shape index (κ2) is 5.47. The van der Waals surface area contributed by atoms with E-state index in [-0.39, 0.29) is 0 Å². The predicted octanol–water partition coefficient (Wildman–Crippen LogP) is 3.09. The molecule has 2 rings (SSSR count). The van der Waals surface area contributed by atoms with Crippen molar-refractivity contribution in [2.75, 3.05) is 0 Å². The van der Waals surface area contributed by atoms with Crippen molar-refractivity contribution in [3.05, 3.63) is 52.4 Å². The van der Waals surface area contributed by atoms with Crippen LogP contribution < -0.4 is 0 Å². The third-order valence-electron chi connectivity index (χ3n) is 2.22. The van der Waals surface area contributed by atoms with Gasteiger partial charge in [0.05, 0.1) is 11.4 Å². The Balaban J connectivity index is 1.95. The van der Waals surface area contributed by atoms with Gasteiger partial charge in [0.15, 0.2) is 0 Å². The van der Waals surface area contributed by atoms with Crippen molar-refractivity contribution < 1.29 is 8.73 Å². The highest BCUT2D eigenvalue weighted by Crippen LogP contribution is 2.13. The minimum Gasteiger partial charge on any atom is -0.360 e. The van der Waals surface area contributed by atoms with Crippen LogP contribution in [0.15, 0.2) is 34.9 Å². The van der Waals surface area contributed by atoms with Crippen molar-refractivity contribution in [3.8, 4) is 0 Å². The molecule has 0 fully saturated rings. The van der Waals surface area contributed by atoms with Crippen LogP contribution in [-0.4, -0.2) is 9.37 Å². The molecule has 0 aliphatic heterocycles. The Hall–Kier alpha value is -1.13. The Labute approximate surface area is 107 Å². The van der Waals surface area contributed by atoms with E-state index in [0.29, 0.717) is 22.3 Å². The summed E-state index contributed by atoms with van der Waals surface area (Å²) in [7, 11) is -0.992. The lowest BCUT2D eigenvalue weighted by Gasteiger charge is -2.00. The van der Waals surface area contributed by atoms with E-state index in [1.807, 2.05) is 19.1 Å². The van der Waals surface area contributed by atoms with Gasteiger partial charge in [-0.3, -0.25) is 4.21 Å². The van der Waals surface area contributed by atoms with E-state index in [1.54, 1.807) is 18.2 Å². The molecule has 2 aromatic rings. The number of aryl methyl sites for hydroxylation is 1. The summed E-state index contributed by atoms with van der Waals surface area (Å²) in [6.07, 6.45) is 0. The summed E-state index contributed by atoms with van der Waals surface area (Å²) in [5.74, 6) is 1.55. The van der Waals surface area contributed by atoms with Crippen LogP contribution in [0.1, 0.15) is 17.0 Å². The zero-order valence-electron chi connectivity index (χ0n) is 9.35. The lowest BCUT2D eigenvalue weighted by Crippen LogP contribution is -1.98. The molecule has 3 nitrogen and oxygen atoms in total. The van der Waals surface area contributed by atoms with E-state index < -0.39 is 10.8 Å². The molecule has 90 valence electrons.